The number of aryl methyl sites for hydroxylation is 3. The smallest absolute Gasteiger partial charge is 0.141 e. The minimum Gasteiger partial charge on any atom is -0.351 e. The lowest BCUT2D eigenvalue weighted by molar-refractivity contribution is 0.697. The number of hydrogen-bond donors (Lipinski definition) is 0. The molecule has 1 aromatic carbocycles. The van der Waals surface area contributed by atoms with Gasteiger partial charge in [0.1, 0.15) is 16.5 Å². The van der Waals surface area contributed by atoms with E-state index in [0.29, 0.717) is 0 Å². The standard InChI is InChI=1S/C20H21N3S/c1-13-21-19(23-11-10-14-6-2-3-7-15(14)12-23)18-16-8-4-5-9-17(16)24-20(18)22-13/h2-3,6-7H,4-5,8-12H2,1H3. The van der Waals surface area contributed by atoms with Crippen molar-refractivity contribution in [1.82, 2.24) is 9.97 Å². The molecule has 4 heteroatoms. The minimum atomic E-state index is 0.898. The van der Waals surface area contributed by atoms with Gasteiger partial charge in [-0.15, -0.1) is 11.3 Å². The Bertz CT molecular complexity index is 928. The molecule has 0 fully saturated rings. The highest BCUT2D eigenvalue weighted by Gasteiger charge is 2.25. The van der Waals surface area contributed by atoms with E-state index in [4.69, 9.17) is 9.97 Å². The maximum atomic E-state index is 4.90. The molecule has 3 nitrogen and oxygen atoms in total. The van der Waals surface area contributed by atoms with Gasteiger partial charge in [0.15, 0.2) is 0 Å². The summed E-state index contributed by atoms with van der Waals surface area (Å²) in [5.41, 5.74) is 4.47. The lowest BCUT2D eigenvalue weighted by atomic mass is 9.96. The summed E-state index contributed by atoms with van der Waals surface area (Å²) in [4.78, 5) is 14.9. The van der Waals surface area contributed by atoms with E-state index in [-0.39, 0.29) is 0 Å². The van der Waals surface area contributed by atoms with E-state index in [1.807, 2.05) is 18.3 Å². The molecule has 1 aliphatic heterocycles. The van der Waals surface area contributed by atoms with Gasteiger partial charge in [-0.05, 0) is 55.7 Å². The zero-order chi connectivity index (χ0) is 16.1. The van der Waals surface area contributed by atoms with Crippen molar-refractivity contribution in [2.75, 3.05) is 11.4 Å². The van der Waals surface area contributed by atoms with Gasteiger partial charge in [0.25, 0.3) is 0 Å². The predicted molar refractivity (Wildman–Crippen MR) is 100.0 cm³/mol. The molecule has 0 unspecified atom stereocenters. The van der Waals surface area contributed by atoms with Gasteiger partial charge in [-0.2, -0.15) is 0 Å². The summed E-state index contributed by atoms with van der Waals surface area (Å²) in [6.45, 7) is 4.04. The van der Waals surface area contributed by atoms with Crippen LogP contribution in [0.3, 0.4) is 0 Å². The summed E-state index contributed by atoms with van der Waals surface area (Å²) >= 11 is 1.90. The van der Waals surface area contributed by atoms with Crippen molar-refractivity contribution in [3.8, 4) is 0 Å². The second-order valence-corrected chi connectivity index (χ2v) is 8.01. The van der Waals surface area contributed by atoms with Crippen molar-refractivity contribution in [2.24, 2.45) is 0 Å². The molecule has 0 bridgehead atoms. The van der Waals surface area contributed by atoms with Crippen molar-refractivity contribution in [1.29, 1.82) is 0 Å². The van der Waals surface area contributed by atoms with Crippen LogP contribution in [0.5, 0.6) is 0 Å². The van der Waals surface area contributed by atoms with Gasteiger partial charge in [0.2, 0.25) is 0 Å². The van der Waals surface area contributed by atoms with Gasteiger partial charge in [0, 0.05) is 18.0 Å². The summed E-state index contributed by atoms with van der Waals surface area (Å²) in [6.07, 6.45) is 6.14. The number of hydrogen-bond acceptors (Lipinski definition) is 4. The summed E-state index contributed by atoms with van der Waals surface area (Å²) in [6, 6.07) is 8.82. The SMILES string of the molecule is Cc1nc(N2CCc3ccccc3C2)c2c3c(sc2n1)CCCC3. The van der Waals surface area contributed by atoms with Crippen molar-refractivity contribution in [3.05, 3.63) is 51.7 Å². The highest BCUT2D eigenvalue weighted by Crippen LogP contribution is 2.40. The van der Waals surface area contributed by atoms with E-state index in [9.17, 15) is 0 Å². The van der Waals surface area contributed by atoms with Crippen molar-refractivity contribution in [2.45, 2.75) is 45.6 Å². The number of anilines is 1. The third-order valence-corrected chi connectivity index (χ3v) is 6.52. The Balaban J connectivity index is 1.65. The molecule has 0 amide bonds. The topological polar surface area (TPSA) is 29.0 Å². The molecule has 0 radical (unpaired) electrons. The monoisotopic (exact) mass is 335 g/mol. The Morgan fingerprint density at radius 1 is 1.00 bits per heavy atom. The molecule has 0 saturated carbocycles. The Labute approximate surface area is 146 Å². The largest absolute Gasteiger partial charge is 0.351 e. The zero-order valence-electron chi connectivity index (χ0n) is 14.0. The van der Waals surface area contributed by atoms with E-state index in [1.165, 1.54) is 58.4 Å². The number of fused-ring (bicyclic) bond motifs is 4. The van der Waals surface area contributed by atoms with E-state index >= 15 is 0 Å². The molecule has 3 aromatic rings. The summed E-state index contributed by atoms with van der Waals surface area (Å²) in [5.74, 6) is 2.07. The first kappa shape index (κ1) is 14.4. The lowest BCUT2D eigenvalue weighted by Gasteiger charge is -2.30. The average molecular weight is 335 g/mol. The Morgan fingerprint density at radius 2 is 1.83 bits per heavy atom. The van der Waals surface area contributed by atoms with Gasteiger partial charge in [-0.3, -0.25) is 0 Å². The van der Waals surface area contributed by atoms with Crippen LogP contribution in [0.25, 0.3) is 10.2 Å². The van der Waals surface area contributed by atoms with Gasteiger partial charge >= 0.3 is 0 Å². The Hall–Kier alpha value is -1.94. The predicted octanol–water partition coefficient (Wildman–Crippen LogP) is 4.44. The minimum absolute atomic E-state index is 0.898. The molecule has 0 saturated heterocycles. The first-order valence-corrected chi connectivity index (χ1v) is 9.72. The molecular formula is C20H21N3S. The molecule has 3 heterocycles. The number of rotatable bonds is 1. The number of benzene rings is 1. The van der Waals surface area contributed by atoms with Gasteiger partial charge in [-0.25, -0.2) is 9.97 Å². The van der Waals surface area contributed by atoms with Crippen LogP contribution in [0.2, 0.25) is 0 Å². The highest BCUT2D eigenvalue weighted by atomic mass is 32.1. The molecular weight excluding hydrogens is 314 g/mol. The third-order valence-electron chi connectivity index (χ3n) is 5.34. The highest BCUT2D eigenvalue weighted by molar-refractivity contribution is 7.19. The normalized spacial score (nSPS) is 17.0. The molecule has 0 N–H and O–H groups in total. The molecule has 5 rings (SSSR count). The fraction of sp³-hybridized carbons (Fsp3) is 0.400. The summed E-state index contributed by atoms with van der Waals surface area (Å²) < 4.78 is 0. The summed E-state index contributed by atoms with van der Waals surface area (Å²) in [7, 11) is 0. The van der Waals surface area contributed by atoms with Crippen LogP contribution in [0, 0.1) is 6.92 Å². The molecule has 0 atom stereocenters. The molecule has 24 heavy (non-hydrogen) atoms. The van der Waals surface area contributed by atoms with Gasteiger partial charge < -0.3 is 4.90 Å². The van der Waals surface area contributed by atoms with Crippen LogP contribution in [-0.2, 0) is 25.8 Å². The molecule has 122 valence electrons. The van der Waals surface area contributed by atoms with Gasteiger partial charge in [0.05, 0.1) is 5.39 Å². The molecule has 2 aromatic heterocycles. The van der Waals surface area contributed by atoms with Crippen molar-refractivity contribution in [3.63, 3.8) is 0 Å². The fourth-order valence-corrected chi connectivity index (χ4v) is 5.45. The van der Waals surface area contributed by atoms with Crippen molar-refractivity contribution >= 4 is 27.4 Å². The number of aromatic nitrogens is 2. The lowest BCUT2D eigenvalue weighted by Crippen LogP contribution is -2.31. The van der Waals surface area contributed by atoms with Crippen molar-refractivity contribution < 1.29 is 0 Å². The second-order valence-electron chi connectivity index (χ2n) is 6.93. The van der Waals surface area contributed by atoms with Crippen LogP contribution in [0.4, 0.5) is 5.82 Å². The fourth-order valence-electron chi connectivity index (χ4n) is 4.15. The molecule has 1 aliphatic carbocycles. The van der Waals surface area contributed by atoms with E-state index < -0.39 is 0 Å². The van der Waals surface area contributed by atoms with Crippen LogP contribution >= 0.6 is 11.3 Å². The van der Waals surface area contributed by atoms with Crippen LogP contribution in [-0.4, -0.2) is 16.5 Å². The maximum Gasteiger partial charge on any atom is 0.141 e. The van der Waals surface area contributed by atoms with Gasteiger partial charge in [-0.1, -0.05) is 24.3 Å². The average Bonchev–Trinajstić information content (AvgIpc) is 2.98. The second kappa shape index (κ2) is 5.55. The quantitative estimate of drug-likeness (QED) is 0.658. The van der Waals surface area contributed by atoms with E-state index in [0.717, 1.165) is 25.3 Å². The zero-order valence-corrected chi connectivity index (χ0v) is 14.8. The number of thiophene rings is 1. The Kier molecular flexibility index (Phi) is 3.33. The first-order chi connectivity index (χ1) is 11.8. The number of nitrogens with zero attached hydrogens (tertiary/aromatic N) is 3. The van der Waals surface area contributed by atoms with Crippen LogP contribution < -0.4 is 4.90 Å². The van der Waals surface area contributed by atoms with Crippen LogP contribution in [0.15, 0.2) is 24.3 Å². The molecule has 0 spiro atoms. The van der Waals surface area contributed by atoms with E-state index in [2.05, 4.69) is 29.2 Å². The third kappa shape index (κ3) is 2.24. The molecule has 2 aliphatic rings. The first-order valence-electron chi connectivity index (χ1n) is 8.90. The van der Waals surface area contributed by atoms with E-state index in [1.54, 1.807) is 4.88 Å². The van der Waals surface area contributed by atoms with Crippen LogP contribution in [0.1, 0.15) is 40.2 Å². The maximum absolute atomic E-state index is 4.90. The Morgan fingerprint density at radius 3 is 2.75 bits per heavy atom. The summed E-state index contributed by atoms with van der Waals surface area (Å²) in [5, 5.41) is 1.35.